The molecule has 1 aromatic rings. The summed E-state index contributed by atoms with van der Waals surface area (Å²) in [4.78, 5) is 37.1. The average Bonchev–Trinajstić information content (AvgIpc) is 2.75. The molecule has 128 valence electrons. The van der Waals surface area contributed by atoms with Gasteiger partial charge in [-0.05, 0) is 36.1 Å². The van der Waals surface area contributed by atoms with Gasteiger partial charge < -0.3 is 20.1 Å². The monoisotopic (exact) mass is 333 g/mol. The van der Waals surface area contributed by atoms with Gasteiger partial charge in [-0.25, -0.2) is 9.59 Å². The first-order valence-electron chi connectivity index (χ1n) is 7.79. The third kappa shape index (κ3) is 3.27. The van der Waals surface area contributed by atoms with Crippen LogP contribution in [0.15, 0.2) is 18.2 Å². The maximum atomic E-state index is 12.0. The Kier molecular flexibility index (Phi) is 4.28. The fraction of sp³-hybridized carbons (Fsp3) is 0.438. The normalized spacial score (nSPS) is 20.2. The van der Waals surface area contributed by atoms with Crippen molar-refractivity contribution in [3.05, 3.63) is 29.3 Å². The molecular formula is C16H19N3O5. The van der Waals surface area contributed by atoms with Gasteiger partial charge in [-0.15, -0.1) is 0 Å². The third-order valence-electron chi connectivity index (χ3n) is 4.25. The van der Waals surface area contributed by atoms with Gasteiger partial charge in [0.2, 0.25) is 5.91 Å². The van der Waals surface area contributed by atoms with E-state index in [9.17, 15) is 14.4 Å². The van der Waals surface area contributed by atoms with Crippen LogP contribution in [0.5, 0.6) is 0 Å². The minimum atomic E-state index is -0.913. The number of hydrogen-bond acceptors (Lipinski definition) is 4. The van der Waals surface area contributed by atoms with Crippen molar-refractivity contribution >= 4 is 23.8 Å². The summed E-state index contributed by atoms with van der Waals surface area (Å²) in [5, 5.41) is 11.7. The Hall–Kier alpha value is -2.77. The number of fused-ring (bicyclic) bond motifs is 1. The number of carbonyl (C=O) groups is 3. The third-order valence-corrected chi connectivity index (χ3v) is 4.25. The van der Waals surface area contributed by atoms with E-state index in [1.54, 1.807) is 0 Å². The van der Waals surface area contributed by atoms with E-state index in [4.69, 9.17) is 9.84 Å². The molecule has 1 fully saturated rings. The van der Waals surface area contributed by atoms with E-state index in [-0.39, 0.29) is 12.5 Å². The van der Waals surface area contributed by atoms with Crippen molar-refractivity contribution < 1.29 is 24.2 Å². The molecule has 24 heavy (non-hydrogen) atoms. The van der Waals surface area contributed by atoms with Gasteiger partial charge >= 0.3 is 12.2 Å². The van der Waals surface area contributed by atoms with Gasteiger partial charge in [0.25, 0.3) is 0 Å². The molecule has 0 spiro atoms. The number of anilines is 1. The van der Waals surface area contributed by atoms with Gasteiger partial charge in [0.05, 0.1) is 6.54 Å². The van der Waals surface area contributed by atoms with Crippen molar-refractivity contribution in [2.75, 3.05) is 24.5 Å². The molecule has 0 aliphatic carbocycles. The summed E-state index contributed by atoms with van der Waals surface area (Å²) in [5.41, 5.74) is 2.82. The first kappa shape index (κ1) is 16.1. The Morgan fingerprint density at radius 1 is 1.25 bits per heavy atom. The molecule has 3 amide bonds. The maximum Gasteiger partial charge on any atom is 0.416 e. The first-order valence-corrected chi connectivity index (χ1v) is 7.79. The molecule has 0 bridgehead atoms. The lowest BCUT2D eigenvalue weighted by Crippen LogP contribution is -2.36. The molecule has 3 rings (SSSR count). The largest absolute Gasteiger partial charge is 0.465 e. The SMILES string of the molecule is CC(=O)N[C@@H]1CN(c2ccc3c(c2)CCN(C(=O)O)CC3)C(=O)O1. The van der Waals surface area contributed by atoms with E-state index in [2.05, 4.69) is 5.32 Å². The Balaban J connectivity index is 1.76. The van der Waals surface area contributed by atoms with E-state index >= 15 is 0 Å². The summed E-state index contributed by atoms with van der Waals surface area (Å²) in [6, 6.07) is 5.65. The molecule has 0 saturated carbocycles. The standard InChI is InChI=1S/C16H19N3O5/c1-10(20)17-14-9-19(16(23)24-14)13-3-2-11-4-6-18(15(21)22)7-5-12(11)8-13/h2-3,8,14H,4-7,9H2,1H3,(H,17,20)(H,21,22)/t14-/m0/s1. The second kappa shape index (κ2) is 6.38. The van der Waals surface area contributed by atoms with Crippen molar-refractivity contribution in [3.63, 3.8) is 0 Å². The summed E-state index contributed by atoms with van der Waals surface area (Å²) in [5.74, 6) is -0.259. The highest BCUT2D eigenvalue weighted by Gasteiger charge is 2.33. The number of benzene rings is 1. The van der Waals surface area contributed by atoms with Crippen molar-refractivity contribution in [1.29, 1.82) is 0 Å². The van der Waals surface area contributed by atoms with Gasteiger partial charge in [-0.2, -0.15) is 0 Å². The molecule has 1 saturated heterocycles. The van der Waals surface area contributed by atoms with Crippen LogP contribution in [0.2, 0.25) is 0 Å². The highest BCUT2D eigenvalue weighted by Crippen LogP contribution is 2.26. The molecule has 1 atom stereocenters. The summed E-state index contributed by atoms with van der Waals surface area (Å²) in [6.45, 7) is 2.52. The van der Waals surface area contributed by atoms with Gasteiger partial charge in [-0.1, -0.05) is 6.07 Å². The van der Waals surface area contributed by atoms with Crippen LogP contribution in [0.3, 0.4) is 0 Å². The Bertz CT molecular complexity index is 690. The zero-order valence-corrected chi connectivity index (χ0v) is 13.3. The van der Waals surface area contributed by atoms with Crippen molar-refractivity contribution in [2.45, 2.75) is 26.0 Å². The molecule has 8 heteroatoms. The summed E-state index contributed by atoms with van der Waals surface area (Å²) in [6.07, 6.45) is -0.816. The number of hydrogen-bond donors (Lipinski definition) is 2. The highest BCUT2D eigenvalue weighted by atomic mass is 16.6. The predicted octanol–water partition coefficient (Wildman–Crippen LogP) is 1.18. The number of rotatable bonds is 2. The summed E-state index contributed by atoms with van der Waals surface area (Å²) >= 11 is 0. The van der Waals surface area contributed by atoms with Gasteiger partial charge in [0.1, 0.15) is 0 Å². The Labute approximate surface area is 139 Å². The predicted molar refractivity (Wildman–Crippen MR) is 84.9 cm³/mol. The van der Waals surface area contributed by atoms with Gasteiger partial charge in [0.15, 0.2) is 6.23 Å². The minimum Gasteiger partial charge on any atom is -0.465 e. The summed E-state index contributed by atoms with van der Waals surface area (Å²) < 4.78 is 5.13. The molecule has 2 N–H and O–H groups in total. The number of amides is 3. The Morgan fingerprint density at radius 3 is 2.62 bits per heavy atom. The smallest absolute Gasteiger partial charge is 0.416 e. The van der Waals surface area contributed by atoms with Crippen LogP contribution in [0.25, 0.3) is 0 Å². The first-order chi connectivity index (χ1) is 11.4. The zero-order valence-electron chi connectivity index (χ0n) is 13.3. The van der Waals surface area contributed by atoms with Crippen LogP contribution in [0, 0.1) is 0 Å². The highest BCUT2D eigenvalue weighted by molar-refractivity contribution is 5.90. The molecule has 1 aromatic carbocycles. The second-order valence-electron chi connectivity index (χ2n) is 5.91. The van der Waals surface area contributed by atoms with Crippen molar-refractivity contribution in [1.82, 2.24) is 10.2 Å². The molecular weight excluding hydrogens is 314 g/mol. The molecule has 2 heterocycles. The Morgan fingerprint density at radius 2 is 1.96 bits per heavy atom. The number of nitrogens with one attached hydrogen (secondary N) is 1. The van der Waals surface area contributed by atoms with Crippen LogP contribution >= 0.6 is 0 Å². The van der Waals surface area contributed by atoms with Crippen LogP contribution in [0.1, 0.15) is 18.1 Å². The van der Waals surface area contributed by atoms with E-state index in [1.165, 1.54) is 16.7 Å². The quantitative estimate of drug-likeness (QED) is 0.847. The molecule has 0 aromatic heterocycles. The number of nitrogens with zero attached hydrogens (tertiary/aromatic N) is 2. The lowest BCUT2D eigenvalue weighted by atomic mass is 10.0. The molecule has 0 radical (unpaired) electrons. The van der Waals surface area contributed by atoms with Crippen LogP contribution in [0.4, 0.5) is 15.3 Å². The number of carbonyl (C=O) groups excluding carboxylic acids is 2. The lowest BCUT2D eigenvalue weighted by Gasteiger charge is -2.16. The second-order valence-corrected chi connectivity index (χ2v) is 5.91. The topological polar surface area (TPSA) is 99.2 Å². The van der Waals surface area contributed by atoms with Crippen LogP contribution in [-0.2, 0) is 22.4 Å². The number of carboxylic acid groups (broad SMARTS) is 1. The fourth-order valence-electron chi connectivity index (χ4n) is 3.05. The molecule has 0 unspecified atom stereocenters. The minimum absolute atomic E-state index is 0.248. The van der Waals surface area contributed by atoms with E-state index in [0.29, 0.717) is 31.6 Å². The van der Waals surface area contributed by atoms with Gasteiger partial charge in [-0.3, -0.25) is 9.69 Å². The van der Waals surface area contributed by atoms with Crippen LogP contribution < -0.4 is 10.2 Å². The molecule has 2 aliphatic rings. The van der Waals surface area contributed by atoms with Crippen molar-refractivity contribution in [2.24, 2.45) is 0 Å². The molecule has 2 aliphatic heterocycles. The van der Waals surface area contributed by atoms with E-state index in [0.717, 1.165) is 11.1 Å². The van der Waals surface area contributed by atoms with E-state index in [1.807, 2.05) is 18.2 Å². The van der Waals surface area contributed by atoms with Crippen LogP contribution in [-0.4, -0.2) is 54.0 Å². The fourth-order valence-corrected chi connectivity index (χ4v) is 3.05. The van der Waals surface area contributed by atoms with E-state index < -0.39 is 18.4 Å². The maximum absolute atomic E-state index is 12.0. The number of ether oxygens (including phenoxy) is 1. The average molecular weight is 333 g/mol. The number of cyclic esters (lactones) is 1. The lowest BCUT2D eigenvalue weighted by molar-refractivity contribution is -0.121. The molecule has 8 nitrogen and oxygen atoms in total. The van der Waals surface area contributed by atoms with Crippen molar-refractivity contribution in [3.8, 4) is 0 Å². The summed E-state index contributed by atoms with van der Waals surface area (Å²) in [7, 11) is 0. The van der Waals surface area contributed by atoms with Gasteiger partial charge in [0, 0.05) is 25.7 Å². The zero-order chi connectivity index (χ0) is 17.3.